The molecule has 1 aromatic carbocycles. The second-order valence-corrected chi connectivity index (χ2v) is 3.87. The zero-order valence-electron chi connectivity index (χ0n) is 11.0. The van der Waals surface area contributed by atoms with E-state index in [1.54, 1.807) is 23.0 Å². The number of ether oxygens (including phenoxy) is 1. The molecule has 0 aliphatic heterocycles. The fraction of sp³-hybridized carbons (Fsp3) is 0.308. The lowest BCUT2D eigenvalue weighted by molar-refractivity contribution is 0.102. The van der Waals surface area contributed by atoms with Crippen LogP contribution in [0.1, 0.15) is 24.3 Å². The molecule has 19 heavy (non-hydrogen) atoms. The standard InChI is InChI=1S/C13H16N4O2/c1-3-17-9-12(15-16-17)13(18)14-10-6-5-7-11(8-10)19-4-2/h5-9H,3-4H2,1-2H3,(H,14,18). The largest absolute Gasteiger partial charge is 0.494 e. The third-order valence-corrected chi connectivity index (χ3v) is 2.50. The van der Waals surface area contributed by atoms with Crippen molar-refractivity contribution in [1.29, 1.82) is 0 Å². The average molecular weight is 260 g/mol. The van der Waals surface area contributed by atoms with Gasteiger partial charge in [-0.05, 0) is 26.0 Å². The maximum atomic E-state index is 11.9. The van der Waals surface area contributed by atoms with Gasteiger partial charge in [-0.15, -0.1) is 5.10 Å². The van der Waals surface area contributed by atoms with Gasteiger partial charge in [-0.2, -0.15) is 0 Å². The van der Waals surface area contributed by atoms with Crippen LogP contribution in [-0.2, 0) is 6.54 Å². The molecule has 0 fully saturated rings. The molecule has 0 spiro atoms. The van der Waals surface area contributed by atoms with Gasteiger partial charge in [0, 0.05) is 18.3 Å². The van der Waals surface area contributed by atoms with Gasteiger partial charge in [0.25, 0.3) is 5.91 Å². The second-order valence-electron chi connectivity index (χ2n) is 3.87. The Kier molecular flexibility index (Phi) is 4.12. The van der Waals surface area contributed by atoms with Crippen LogP contribution in [0.4, 0.5) is 5.69 Å². The van der Waals surface area contributed by atoms with Gasteiger partial charge in [0.1, 0.15) is 5.75 Å². The first-order chi connectivity index (χ1) is 9.22. The molecule has 0 aliphatic rings. The highest BCUT2D eigenvalue weighted by Crippen LogP contribution is 2.17. The molecule has 0 aliphatic carbocycles. The van der Waals surface area contributed by atoms with Gasteiger partial charge in [0.2, 0.25) is 0 Å². The van der Waals surface area contributed by atoms with Crippen molar-refractivity contribution in [3.63, 3.8) is 0 Å². The van der Waals surface area contributed by atoms with Crippen LogP contribution >= 0.6 is 0 Å². The van der Waals surface area contributed by atoms with Gasteiger partial charge in [-0.3, -0.25) is 9.48 Å². The molecule has 0 saturated heterocycles. The predicted octanol–water partition coefficient (Wildman–Crippen LogP) is 1.95. The molecule has 100 valence electrons. The molecule has 0 atom stereocenters. The number of aromatic nitrogens is 3. The minimum atomic E-state index is -0.284. The van der Waals surface area contributed by atoms with Crippen molar-refractivity contribution in [3.8, 4) is 5.75 Å². The fourth-order valence-corrected chi connectivity index (χ4v) is 1.58. The Morgan fingerprint density at radius 2 is 2.26 bits per heavy atom. The molecule has 2 rings (SSSR count). The van der Waals surface area contributed by atoms with E-state index in [0.717, 1.165) is 5.75 Å². The van der Waals surface area contributed by atoms with E-state index < -0.39 is 0 Å². The quantitative estimate of drug-likeness (QED) is 0.892. The first-order valence-corrected chi connectivity index (χ1v) is 6.17. The fourth-order valence-electron chi connectivity index (χ4n) is 1.58. The zero-order valence-corrected chi connectivity index (χ0v) is 11.0. The smallest absolute Gasteiger partial charge is 0.277 e. The number of benzene rings is 1. The maximum absolute atomic E-state index is 11.9. The van der Waals surface area contributed by atoms with Crippen molar-refractivity contribution in [3.05, 3.63) is 36.2 Å². The molecular formula is C13H16N4O2. The highest BCUT2D eigenvalue weighted by atomic mass is 16.5. The molecule has 6 nitrogen and oxygen atoms in total. The molecule has 1 heterocycles. The second kappa shape index (κ2) is 5.99. The van der Waals surface area contributed by atoms with Crippen LogP contribution in [0.3, 0.4) is 0 Å². The number of amides is 1. The van der Waals surface area contributed by atoms with Crippen LogP contribution in [0, 0.1) is 0 Å². The van der Waals surface area contributed by atoms with Crippen molar-refractivity contribution < 1.29 is 9.53 Å². The van der Waals surface area contributed by atoms with E-state index in [9.17, 15) is 4.79 Å². The number of carbonyl (C=O) groups excluding carboxylic acids is 1. The lowest BCUT2D eigenvalue weighted by Gasteiger charge is -2.06. The summed E-state index contributed by atoms with van der Waals surface area (Å²) in [6.45, 7) is 5.11. The summed E-state index contributed by atoms with van der Waals surface area (Å²) < 4.78 is 6.97. The van der Waals surface area contributed by atoms with Gasteiger partial charge in [0.05, 0.1) is 12.8 Å². The number of nitrogens with zero attached hydrogens (tertiary/aromatic N) is 3. The summed E-state index contributed by atoms with van der Waals surface area (Å²) in [5, 5.41) is 10.4. The normalized spacial score (nSPS) is 10.2. The van der Waals surface area contributed by atoms with Crippen molar-refractivity contribution >= 4 is 11.6 Å². The van der Waals surface area contributed by atoms with Gasteiger partial charge in [-0.1, -0.05) is 11.3 Å². The van der Waals surface area contributed by atoms with Gasteiger partial charge in [-0.25, -0.2) is 0 Å². The van der Waals surface area contributed by atoms with Crippen LogP contribution < -0.4 is 10.1 Å². The lowest BCUT2D eigenvalue weighted by Crippen LogP contribution is -2.12. The first kappa shape index (κ1) is 13.1. The minimum absolute atomic E-state index is 0.284. The summed E-state index contributed by atoms with van der Waals surface area (Å²) in [5.41, 5.74) is 0.964. The Morgan fingerprint density at radius 1 is 1.42 bits per heavy atom. The summed E-state index contributed by atoms with van der Waals surface area (Å²) in [4.78, 5) is 11.9. The zero-order chi connectivity index (χ0) is 13.7. The summed E-state index contributed by atoms with van der Waals surface area (Å²) in [5.74, 6) is 0.436. The van der Waals surface area contributed by atoms with Crippen molar-refractivity contribution in [1.82, 2.24) is 15.0 Å². The molecule has 1 amide bonds. The number of carbonyl (C=O) groups is 1. The molecule has 0 bridgehead atoms. The van der Waals surface area contributed by atoms with E-state index in [1.807, 2.05) is 26.0 Å². The average Bonchev–Trinajstić information content (AvgIpc) is 2.88. The number of aryl methyl sites for hydroxylation is 1. The molecule has 2 aromatic rings. The lowest BCUT2D eigenvalue weighted by atomic mass is 10.3. The topological polar surface area (TPSA) is 69.0 Å². The van der Waals surface area contributed by atoms with Crippen LogP contribution in [0.5, 0.6) is 5.75 Å². The Balaban J connectivity index is 2.07. The van der Waals surface area contributed by atoms with Crippen molar-refractivity contribution in [2.24, 2.45) is 0 Å². The number of rotatable bonds is 5. The number of hydrogen-bond acceptors (Lipinski definition) is 4. The third-order valence-electron chi connectivity index (χ3n) is 2.50. The monoisotopic (exact) mass is 260 g/mol. The highest BCUT2D eigenvalue weighted by molar-refractivity contribution is 6.02. The minimum Gasteiger partial charge on any atom is -0.494 e. The van der Waals surface area contributed by atoms with E-state index in [4.69, 9.17) is 4.74 Å². The SMILES string of the molecule is CCOc1cccc(NC(=O)c2cn(CC)nn2)c1. The molecule has 1 N–H and O–H groups in total. The summed E-state index contributed by atoms with van der Waals surface area (Å²) in [6.07, 6.45) is 1.61. The van der Waals surface area contributed by atoms with Crippen molar-refractivity contribution in [2.75, 3.05) is 11.9 Å². The maximum Gasteiger partial charge on any atom is 0.277 e. The number of hydrogen-bond donors (Lipinski definition) is 1. The van der Waals surface area contributed by atoms with Crippen LogP contribution in [0.15, 0.2) is 30.5 Å². The van der Waals surface area contributed by atoms with E-state index >= 15 is 0 Å². The van der Waals surface area contributed by atoms with Crippen LogP contribution in [0.2, 0.25) is 0 Å². The summed E-state index contributed by atoms with van der Waals surface area (Å²) >= 11 is 0. The van der Waals surface area contributed by atoms with Crippen LogP contribution in [-0.4, -0.2) is 27.5 Å². The number of anilines is 1. The Morgan fingerprint density at radius 3 is 2.95 bits per heavy atom. The first-order valence-electron chi connectivity index (χ1n) is 6.17. The van der Waals surface area contributed by atoms with Gasteiger partial charge >= 0.3 is 0 Å². The summed E-state index contributed by atoms with van der Waals surface area (Å²) in [7, 11) is 0. The third kappa shape index (κ3) is 3.31. The highest BCUT2D eigenvalue weighted by Gasteiger charge is 2.10. The van der Waals surface area contributed by atoms with E-state index in [2.05, 4.69) is 15.6 Å². The Labute approximate surface area is 111 Å². The summed E-state index contributed by atoms with van der Waals surface area (Å²) in [6, 6.07) is 7.23. The molecular weight excluding hydrogens is 244 g/mol. The molecule has 1 aromatic heterocycles. The Hall–Kier alpha value is -2.37. The van der Waals surface area contributed by atoms with Gasteiger partial charge < -0.3 is 10.1 Å². The van der Waals surface area contributed by atoms with Crippen molar-refractivity contribution in [2.45, 2.75) is 20.4 Å². The predicted molar refractivity (Wildman–Crippen MR) is 71.3 cm³/mol. The number of nitrogens with one attached hydrogen (secondary N) is 1. The Bertz CT molecular complexity index is 565. The molecule has 0 unspecified atom stereocenters. The van der Waals surface area contributed by atoms with E-state index in [0.29, 0.717) is 24.5 Å². The molecule has 0 radical (unpaired) electrons. The van der Waals surface area contributed by atoms with E-state index in [1.165, 1.54) is 0 Å². The van der Waals surface area contributed by atoms with Crippen LogP contribution in [0.25, 0.3) is 0 Å². The molecule has 0 saturated carbocycles. The van der Waals surface area contributed by atoms with E-state index in [-0.39, 0.29) is 5.91 Å². The molecule has 6 heteroatoms. The van der Waals surface area contributed by atoms with Gasteiger partial charge in [0.15, 0.2) is 5.69 Å².